The quantitative estimate of drug-likeness (QED) is 0.318. The molecule has 52 heavy (non-hydrogen) atoms. The summed E-state index contributed by atoms with van der Waals surface area (Å²) in [4.78, 5) is 61.3. The minimum absolute atomic E-state index is 0.0418. The first-order valence-corrected chi connectivity index (χ1v) is 19.6. The number of amides is 4. The van der Waals surface area contributed by atoms with Gasteiger partial charge in [0.1, 0.15) is 34.6 Å². The third kappa shape index (κ3) is 7.10. The number of likely N-dealkylation sites (tertiary alicyclic amines) is 1. The molecule has 0 radical (unpaired) electrons. The average Bonchev–Trinajstić information content (AvgIpc) is 3.94. The summed E-state index contributed by atoms with van der Waals surface area (Å²) in [6, 6.07) is 3.93. The van der Waals surface area contributed by atoms with Crippen molar-refractivity contribution in [2.45, 2.75) is 134 Å². The van der Waals surface area contributed by atoms with Crippen LogP contribution in [0.4, 0.5) is 4.79 Å². The van der Waals surface area contributed by atoms with Crippen LogP contribution in [0, 0.1) is 19.8 Å². The fourth-order valence-electron chi connectivity index (χ4n) is 7.39. The van der Waals surface area contributed by atoms with E-state index in [4.69, 9.17) is 14.5 Å². The molecule has 4 aliphatic rings. The van der Waals surface area contributed by atoms with Crippen LogP contribution in [0.15, 0.2) is 30.4 Å². The number of aryl methyl sites for hydroxylation is 3. The standard InChI is InChI=1S/C38H51N5O8S/c1-9-10-11-25-19-38(25,33(46)42-52(48,49)36(8)16-17-36)41-31(44)29-20-37(21-43(29)32(45)24(4)40-34(47)51-35(5,6)7)15-14-26-27-18-22(2)12-13-28(27)39-23(3)30(26)50-37/h10-13,18,24-25,29H,9,14-17,19-21H2,1-8H3,(H,40,47)(H,41,44)(H,42,46)/b11-10-/t24-,25+,29-,37+,38+/m0/s1. The Morgan fingerprint density at radius 2 is 1.85 bits per heavy atom. The van der Waals surface area contributed by atoms with Crippen LogP contribution in [-0.2, 0) is 35.6 Å². The number of alkyl carbamates (subject to hydrolysis) is 1. The van der Waals surface area contributed by atoms with Crippen molar-refractivity contribution in [3.8, 4) is 5.75 Å². The average molecular weight is 738 g/mol. The van der Waals surface area contributed by atoms with E-state index in [9.17, 15) is 27.6 Å². The van der Waals surface area contributed by atoms with Crippen LogP contribution >= 0.6 is 0 Å². The Hall–Kier alpha value is -4.20. The van der Waals surface area contributed by atoms with Gasteiger partial charge >= 0.3 is 6.09 Å². The van der Waals surface area contributed by atoms with E-state index in [1.807, 2.05) is 45.1 Å². The highest BCUT2D eigenvalue weighted by atomic mass is 32.2. The number of sulfonamides is 1. The highest BCUT2D eigenvalue weighted by Gasteiger charge is 2.63. The molecule has 3 N–H and O–H groups in total. The van der Waals surface area contributed by atoms with Crippen LogP contribution in [0.3, 0.4) is 0 Å². The topological polar surface area (TPSA) is 173 Å². The molecule has 282 valence electrons. The van der Waals surface area contributed by atoms with Crippen molar-refractivity contribution < 1.29 is 37.1 Å². The molecule has 3 heterocycles. The Bertz CT molecular complexity index is 1970. The van der Waals surface area contributed by atoms with Gasteiger partial charge in [-0.15, -0.1) is 0 Å². The van der Waals surface area contributed by atoms with Crippen LogP contribution in [0.5, 0.6) is 5.75 Å². The Morgan fingerprint density at radius 3 is 2.50 bits per heavy atom. The zero-order valence-corrected chi connectivity index (χ0v) is 32.2. The fraction of sp³-hybridized carbons (Fsp3) is 0.605. The second-order valence-corrected chi connectivity index (χ2v) is 18.6. The number of carbonyl (C=O) groups is 4. The number of hydrogen-bond donors (Lipinski definition) is 3. The van der Waals surface area contributed by atoms with Gasteiger partial charge in [0.25, 0.3) is 5.91 Å². The lowest BCUT2D eigenvalue weighted by Crippen LogP contribution is -2.58. The Labute approximate surface area is 305 Å². The Kier molecular flexibility index (Phi) is 9.41. The van der Waals surface area contributed by atoms with Crippen molar-refractivity contribution in [2.24, 2.45) is 5.92 Å². The first kappa shape index (κ1) is 37.6. The summed E-state index contributed by atoms with van der Waals surface area (Å²) in [6.07, 6.45) is 5.93. The van der Waals surface area contributed by atoms with Gasteiger partial charge in [-0.2, -0.15) is 0 Å². The summed E-state index contributed by atoms with van der Waals surface area (Å²) in [5.41, 5.74) is 0.394. The minimum atomic E-state index is -3.98. The Morgan fingerprint density at radius 1 is 1.13 bits per heavy atom. The van der Waals surface area contributed by atoms with Crippen molar-refractivity contribution in [3.05, 3.63) is 47.2 Å². The van der Waals surface area contributed by atoms with Gasteiger partial charge < -0.3 is 25.0 Å². The molecule has 13 nitrogen and oxygen atoms in total. The zero-order valence-electron chi connectivity index (χ0n) is 31.3. The summed E-state index contributed by atoms with van der Waals surface area (Å²) < 4.78 is 39.6. The van der Waals surface area contributed by atoms with E-state index in [0.717, 1.165) is 22.0 Å². The fourth-order valence-corrected chi connectivity index (χ4v) is 8.71. The molecule has 4 amide bonds. The van der Waals surface area contributed by atoms with Crippen molar-refractivity contribution in [3.63, 3.8) is 0 Å². The molecule has 1 saturated heterocycles. The van der Waals surface area contributed by atoms with Crippen LogP contribution < -0.4 is 20.1 Å². The van der Waals surface area contributed by atoms with Gasteiger partial charge in [0.15, 0.2) is 0 Å². The van der Waals surface area contributed by atoms with Crippen LogP contribution in [0.1, 0.15) is 96.9 Å². The lowest BCUT2D eigenvalue weighted by atomic mass is 9.87. The molecule has 0 bridgehead atoms. The number of allylic oxidation sites excluding steroid dienone is 1. The molecule has 2 aliphatic carbocycles. The molecule has 1 spiro atoms. The van der Waals surface area contributed by atoms with E-state index in [0.29, 0.717) is 43.5 Å². The van der Waals surface area contributed by atoms with Crippen molar-refractivity contribution in [1.82, 2.24) is 25.2 Å². The normalized spacial score (nSPS) is 26.7. The number of hydrogen-bond acceptors (Lipinski definition) is 9. The number of fused-ring (bicyclic) bond motifs is 3. The van der Waals surface area contributed by atoms with Crippen LogP contribution in [0.2, 0.25) is 0 Å². The minimum Gasteiger partial charge on any atom is -0.483 e. The molecule has 2 aromatic rings. The lowest BCUT2D eigenvalue weighted by Gasteiger charge is -2.36. The third-order valence-corrected chi connectivity index (χ3v) is 13.0. The van der Waals surface area contributed by atoms with Crippen molar-refractivity contribution in [2.75, 3.05) is 6.54 Å². The largest absolute Gasteiger partial charge is 0.483 e. The molecule has 1 aromatic heterocycles. The number of pyridine rings is 1. The van der Waals surface area contributed by atoms with E-state index in [1.165, 1.54) is 11.8 Å². The lowest BCUT2D eigenvalue weighted by molar-refractivity contribution is -0.141. The molecule has 6 rings (SSSR count). The molecular weight excluding hydrogens is 687 g/mol. The molecule has 5 atom stereocenters. The molecular formula is C38H51N5O8S. The van der Waals surface area contributed by atoms with Crippen LogP contribution in [-0.4, -0.2) is 82.2 Å². The van der Waals surface area contributed by atoms with Gasteiger partial charge in [-0.3, -0.25) is 19.1 Å². The number of rotatable bonds is 9. The zero-order chi connectivity index (χ0) is 38.0. The number of ether oxygens (including phenoxy) is 2. The molecule has 2 aliphatic heterocycles. The maximum atomic E-state index is 14.5. The van der Waals surface area contributed by atoms with Crippen LogP contribution in [0.25, 0.3) is 10.9 Å². The van der Waals surface area contributed by atoms with E-state index in [2.05, 4.69) is 21.4 Å². The van der Waals surface area contributed by atoms with E-state index in [-0.39, 0.29) is 19.4 Å². The third-order valence-electron chi connectivity index (χ3n) is 10.8. The maximum Gasteiger partial charge on any atom is 0.408 e. The second kappa shape index (κ2) is 13.0. The predicted molar refractivity (Wildman–Crippen MR) is 195 cm³/mol. The molecule has 1 aromatic carbocycles. The van der Waals surface area contributed by atoms with E-state index >= 15 is 0 Å². The molecule has 14 heteroatoms. The molecule has 0 unspecified atom stereocenters. The summed E-state index contributed by atoms with van der Waals surface area (Å²) in [7, 11) is -3.98. The van der Waals surface area contributed by atoms with Gasteiger partial charge in [0.2, 0.25) is 21.8 Å². The monoisotopic (exact) mass is 737 g/mol. The highest BCUT2D eigenvalue weighted by Crippen LogP contribution is 2.49. The number of nitrogens with zero attached hydrogens (tertiary/aromatic N) is 2. The Balaban J connectivity index is 1.31. The number of carbonyl (C=O) groups excluding carboxylic acids is 4. The van der Waals surface area contributed by atoms with Gasteiger partial charge in [-0.05, 0) is 99.1 Å². The van der Waals surface area contributed by atoms with Gasteiger partial charge in [0, 0.05) is 23.3 Å². The summed E-state index contributed by atoms with van der Waals surface area (Å²) >= 11 is 0. The second-order valence-electron chi connectivity index (χ2n) is 16.4. The van der Waals surface area contributed by atoms with E-state index < -0.39 is 73.3 Å². The first-order chi connectivity index (χ1) is 24.2. The highest BCUT2D eigenvalue weighted by molar-refractivity contribution is 7.91. The molecule has 2 saturated carbocycles. The predicted octanol–water partition coefficient (Wildman–Crippen LogP) is 4.27. The smallest absolute Gasteiger partial charge is 0.408 e. The summed E-state index contributed by atoms with van der Waals surface area (Å²) in [5.74, 6) is -1.74. The maximum absolute atomic E-state index is 14.5. The van der Waals surface area contributed by atoms with Crippen molar-refractivity contribution >= 4 is 44.7 Å². The number of aromatic nitrogens is 1. The number of benzene rings is 1. The van der Waals surface area contributed by atoms with E-state index in [1.54, 1.807) is 27.7 Å². The van der Waals surface area contributed by atoms with Gasteiger partial charge in [0.05, 0.1) is 22.5 Å². The summed E-state index contributed by atoms with van der Waals surface area (Å²) in [6.45, 7) is 14.1. The molecule has 3 fully saturated rings. The van der Waals surface area contributed by atoms with Crippen molar-refractivity contribution in [1.29, 1.82) is 0 Å². The number of nitrogens with one attached hydrogen (secondary N) is 3. The van der Waals surface area contributed by atoms with Gasteiger partial charge in [-0.1, -0.05) is 30.7 Å². The first-order valence-electron chi connectivity index (χ1n) is 18.2. The SMILES string of the molecule is CC/C=C\[C@@H]1C[C@]1(NC(=O)[C@@H]1C[C@]2(CCc3c(c(C)nc4ccc(C)cc34)O2)CN1C(=O)[C@H](C)NC(=O)OC(C)(C)C)C(=O)NS(=O)(=O)C1(C)CC1. The van der Waals surface area contributed by atoms with Gasteiger partial charge in [-0.25, -0.2) is 18.2 Å². The summed E-state index contributed by atoms with van der Waals surface area (Å²) in [5, 5.41) is 6.49.